The molecule has 0 unspecified atom stereocenters. The van der Waals surface area contributed by atoms with Gasteiger partial charge < -0.3 is 0 Å². The molecule has 2 amide bonds. The van der Waals surface area contributed by atoms with E-state index in [2.05, 4.69) is 0 Å². The number of thiazole rings is 1. The highest BCUT2D eigenvalue weighted by atomic mass is 35.5. The third kappa shape index (κ3) is 3.71. The Balaban J connectivity index is 1.50. The van der Waals surface area contributed by atoms with E-state index in [9.17, 15) is 14.4 Å². The SMILES string of the molecule is Cc1c(Cl)cccc1N1C(=O)[C@H]2[C@H](ON(c3ccccc3)[C@H]2c2sc(=O)n(-c3ccccc3)c2Cl)C1=O. The number of halogens is 2. The largest absolute Gasteiger partial charge is 0.313 e. The summed E-state index contributed by atoms with van der Waals surface area (Å²) in [6, 6.07) is 22.4. The second-order valence-corrected chi connectivity index (χ2v) is 10.5. The fraction of sp³-hybridized carbons (Fsp3) is 0.148. The molecular formula is C27H19Cl2N3O4S. The number of hydrogen-bond acceptors (Lipinski definition) is 6. The number of benzene rings is 3. The molecule has 0 radical (unpaired) electrons. The molecule has 4 aromatic rings. The van der Waals surface area contributed by atoms with E-state index < -0.39 is 29.9 Å². The van der Waals surface area contributed by atoms with Crippen LogP contribution >= 0.6 is 34.5 Å². The first-order valence-electron chi connectivity index (χ1n) is 11.5. The summed E-state index contributed by atoms with van der Waals surface area (Å²) < 4.78 is 1.40. The lowest BCUT2D eigenvalue weighted by Crippen LogP contribution is -2.37. The van der Waals surface area contributed by atoms with Crippen LogP contribution in [0.5, 0.6) is 0 Å². The molecule has 2 aliphatic rings. The number of nitrogens with zero attached hydrogens (tertiary/aromatic N) is 3. The summed E-state index contributed by atoms with van der Waals surface area (Å²) in [5, 5.41) is 2.15. The quantitative estimate of drug-likeness (QED) is 0.310. The van der Waals surface area contributed by atoms with Gasteiger partial charge in [0.15, 0.2) is 6.10 Å². The van der Waals surface area contributed by atoms with Crippen LogP contribution in [0.3, 0.4) is 0 Å². The van der Waals surface area contributed by atoms with Crippen molar-refractivity contribution in [3.8, 4) is 5.69 Å². The van der Waals surface area contributed by atoms with Gasteiger partial charge in [0.1, 0.15) is 17.1 Å². The monoisotopic (exact) mass is 551 g/mol. The first kappa shape index (κ1) is 23.9. The molecule has 0 bridgehead atoms. The van der Waals surface area contributed by atoms with Crippen molar-refractivity contribution in [1.29, 1.82) is 0 Å². The molecule has 3 heterocycles. The molecule has 2 fully saturated rings. The van der Waals surface area contributed by atoms with Crippen LogP contribution in [0.15, 0.2) is 83.7 Å². The number of carbonyl (C=O) groups is 2. The number of hydrogen-bond donors (Lipinski definition) is 0. The van der Waals surface area contributed by atoms with E-state index in [4.69, 9.17) is 28.0 Å². The number of anilines is 2. The van der Waals surface area contributed by atoms with Gasteiger partial charge in [0.2, 0.25) is 5.91 Å². The second kappa shape index (κ2) is 9.15. The van der Waals surface area contributed by atoms with Gasteiger partial charge in [-0.2, -0.15) is 0 Å². The molecule has 0 saturated carbocycles. The molecule has 2 aliphatic heterocycles. The zero-order valence-electron chi connectivity index (χ0n) is 19.4. The molecule has 2 saturated heterocycles. The van der Waals surface area contributed by atoms with Crippen molar-refractivity contribution in [3.63, 3.8) is 0 Å². The Kier molecular flexibility index (Phi) is 5.92. The molecular weight excluding hydrogens is 533 g/mol. The van der Waals surface area contributed by atoms with Gasteiger partial charge in [0.05, 0.1) is 21.9 Å². The van der Waals surface area contributed by atoms with Crippen LogP contribution in [0.4, 0.5) is 11.4 Å². The number of para-hydroxylation sites is 2. The van der Waals surface area contributed by atoms with E-state index in [0.717, 1.165) is 16.2 Å². The number of fused-ring (bicyclic) bond motifs is 1. The summed E-state index contributed by atoms with van der Waals surface area (Å²) >= 11 is 14.1. The third-order valence-electron chi connectivity index (χ3n) is 6.67. The van der Waals surface area contributed by atoms with Crippen LogP contribution in [-0.4, -0.2) is 22.5 Å². The number of imide groups is 1. The Morgan fingerprint density at radius 1 is 0.811 bits per heavy atom. The first-order valence-corrected chi connectivity index (χ1v) is 13.1. The standard InChI is InChI=1S/C27H19Cl2N3O4S/c1-15-18(28)13-8-14-19(15)31-25(33)20-21(32(36-22(20)26(31)34)17-11-6-3-7-12-17)23-24(29)30(27(35)37-23)16-9-4-2-5-10-16/h2-14,20-22H,1H3/t20-,21-,22+/m1/s1. The van der Waals surface area contributed by atoms with Crippen LogP contribution < -0.4 is 14.8 Å². The highest BCUT2D eigenvalue weighted by molar-refractivity contribution is 7.10. The van der Waals surface area contributed by atoms with Gasteiger partial charge in [-0.1, -0.05) is 77.0 Å². The maximum absolute atomic E-state index is 13.9. The summed E-state index contributed by atoms with van der Waals surface area (Å²) in [5.41, 5.74) is 2.26. The summed E-state index contributed by atoms with van der Waals surface area (Å²) in [4.78, 5) is 48.1. The highest BCUT2D eigenvalue weighted by Crippen LogP contribution is 2.50. The van der Waals surface area contributed by atoms with Gasteiger partial charge in [-0.25, -0.2) is 9.96 Å². The molecule has 3 atom stereocenters. The lowest BCUT2D eigenvalue weighted by Gasteiger charge is -2.28. The number of hydroxylamine groups is 1. The zero-order valence-corrected chi connectivity index (χ0v) is 21.7. The lowest BCUT2D eigenvalue weighted by molar-refractivity contribution is -0.126. The molecule has 3 aromatic carbocycles. The number of rotatable bonds is 4. The maximum atomic E-state index is 13.9. The van der Waals surface area contributed by atoms with Crippen molar-refractivity contribution in [2.75, 3.05) is 9.96 Å². The topological polar surface area (TPSA) is 71.8 Å². The number of amides is 2. The van der Waals surface area contributed by atoms with E-state index in [-0.39, 0.29) is 10.0 Å². The Labute approximate surface area is 226 Å². The normalized spacial score (nSPS) is 21.1. The van der Waals surface area contributed by atoms with E-state index in [1.807, 2.05) is 48.5 Å². The van der Waals surface area contributed by atoms with Crippen molar-refractivity contribution in [2.24, 2.45) is 5.92 Å². The van der Waals surface area contributed by atoms with Crippen LogP contribution in [0, 0.1) is 12.8 Å². The van der Waals surface area contributed by atoms with Crippen molar-refractivity contribution in [3.05, 3.63) is 109 Å². The second-order valence-electron chi connectivity index (χ2n) is 8.75. The van der Waals surface area contributed by atoms with E-state index in [1.165, 1.54) is 9.63 Å². The van der Waals surface area contributed by atoms with E-state index in [0.29, 0.717) is 32.5 Å². The summed E-state index contributed by atoms with van der Waals surface area (Å²) in [6.45, 7) is 1.75. The van der Waals surface area contributed by atoms with Crippen molar-refractivity contribution < 1.29 is 14.4 Å². The molecule has 6 rings (SSSR count). The molecule has 37 heavy (non-hydrogen) atoms. The van der Waals surface area contributed by atoms with Crippen LogP contribution in [0.1, 0.15) is 16.5 Å². The van der Waals surface area contributed by atoms with Gasteiger partial charge in [-0.15, -0.1) is 0 Å². The third-order valence-corrected chi connectivity index (χ3v) is 8.57. The molecule has 7 nitrogen and oxygen atoms in total. The zero-order chi connectivity index (χ0) is 25.8. The molecule has 0 aliphatic carbocycles. The van der Waals surface area contributed by atoms with Gasteiger partial charge >= 0.3 is 4.87 Å². The van der Waals surface area contributed by atoms with Crippen molar-refractivity contribution in [2.45, 2.75) is 19.1 Å². The Morgan fingerprint density at radius 2 is 1.46 bits per heavy atom. The van der Waals surface area contributed by atoms with Crippen molar-refractivity contribution >= 4 is 57.7 Å². The molecule has 1 aromatic heterocycles. The average molecular weight is 552 g/mol. The van der Waals surface area contributed by atoms with Gasteiger partial charge in [0, 0.05) is 5.02 Å². The van der Waals surface area contributed by atoms with Crippen molar-refractivity contribution in [1.82, 2.24) is 4.57 Å². The minimum Gasteiger partial charge on any atom is -0.273 e. The molecule has 186 valence electrons. The van der Waals surface area contributed by atoms with Crippen LogP contribution in [-0.2, 0) is 14.4 Å². The Hall–Kier alpha value is -3.43. The molecule has 0 spiro atoms. The molecule has 10 heteroatoms. The fourth-order valence-electron chi connectivity index (χ4n) is 4.91. The Bertz CT molecular complexity index is 1590. The lowest BCUT2D eigenvalue weighted by atomic mass is 9.95. The first-order chi connectivity index (χ1) is 17.9. The minimum atomic E-state index is -1.09. The average Bonchev–Trinajstić information content (AvgIpc) is 3.51. The molecule has 0 N–H and O–H groups in total. The van der Waals surface area contributed by atoms with Gasteiger partial charge in [-0.05, 0) is 48.9 Å². The van der Waals surface area contributed by atoms with Gasteiger partial charge in [0.25, 0.3) is 5.91 Å². The Morgan fingerprint density at radius 3 is 2.14 bits per heavy atom. The van der Waals surface area contributed by atoms with Crippen LogP contribution in [0.2, 0.25) is 10.2 Å². The highest BCUT2D eigenvalue weighted by Gasteiger charge is 2.61. The summed E-state index contributed by atoms with van der Waals surface area (Å²) in [7, 11) is 0. The maximum Gasteiger partial charge on any atom is 0.313 e. The fourth-order valence-corrected chi connectivity index (χ4v) is 6.54. The predicted molar refractivity (Wildman–Crippen MR) is 144 cm³/mol. The number of carbonyl (C=O) groups excluding carboxylic acids is 2. The summed E-state index contributed by atoms with van der Waals surface area (Å²) in [6.07, 6.45) is -1.09. The minimum absolute atomic E-state index is 0.175. The van der Waals surface area contributed by atoms with E-state index >= 15 is 0 Å². The van der Waals surface area contributed by atoms with Crippen LogP contribution in [0.25, 0.3) is 5.69 Å². The smallest absolute Gasteiger partial charge is 0.273 e. The predicted octanol–water partition coefficient (Wildman–Crippen LogP) is 5.57. The van der Waals surface area contributed by atoms with Gasteiger partial charge in [-0.3, -0.25) is 23.8 Å². The number of aromatic nitrogens is 1. The van der Waals surface area contributed by atoms with E-state index in [1.54, 1.807) is 37.3 Å². The summed E-state index contributed by atoms with van der Waals surface area (Å²) in [5.74, 6) is -1.85.